The minimum atomic E-state index is -0.139. The molecule has 4 aromatic heterocycles. The number of hydrogen-bond acceptors (Lipinski definition) is 9. The number of ether oxygens (including phenoxy) is 1. The number of hydrogen-bond donors (Lipinski definition) is 0. The first-order valence-electron chi connectivity index (χ1n) is 33.8. The minimum Gasteiger partial charge on any atom is -0.497 e. The maximum Gasteiger partial charge on any atom is 0.160 e. The summed E-state index contributed by atoms with van der Waals surface area (Å²) in [6, 6.07) is 78.4. The molecule has 1 aliphatic carbocycles. The molecule has 0 radical (unpaired) electrons. The molecule has 0 spiro atoms. The Morgan fingerprint density at radius 2 is 1.29 bits per heavy atom. The number of aromatic nitrogens is 2. The van der Waals surface area contributed by atoms with E-state index in [1.807, 2.05) is 43.7 Å². The Labute approximate surface area is 576 Å². The first-order valence-corrected chi connectivity index (χ1v) is 33.8. The molecule has 0 amide bonds. The van der Waals surface area contributed by atoms with Crippen LogP contribution in [0.25, 0.3) is 137 Å². The van der Waals surface area contributed by atoms with Crippen molar-refractivity contribution >= 4 is 150 Å². The highest BCUT2D eigenvalue weighted by Gasteiger charge is 2.32. The van der Waals surface area contributed by atoms with Crippen LogP contribution in [0.3, 0.4) is 0 Å². The molecule has 0 saturated heterocycles. The molecule has 3 aliphatic rings. The average molecular weight is 1290 g/mol. The van der Waals surface area contributed by atoms with Crippen molar-refractivity contribution in [2.75, 3.05) is 28.4 Å². The number of rotatable bonds is 13. The Bertz CT molecular complexity index is 6350. The maximum atomic E-state index is 7.86. The van der Waals surface area contributed by atoms with Gasteiger partial charge in [0, 0.05) is 105 Å². The van der Waals surface area contributed by atoms with Crippen molar-refractivity contribution in [1.29, 1.82) is 0 Å². The lowest BCUT2D eigenvalue weighted by atomic mass is 9.84. The Kier molecular flexibility index (Phi) is 13.8. The van der Waals surface area contributed by atoms with E-state index in [0.717, 1.165) is 138 Å². The van der Waals surface area contributed by atoms with Gasteiger partial charge in [0.15, 0.2) is 5.58 Å². The minimum absolute atomic E-state index is 0.139. The highest BCUT2D eigenvalue weighted by molar-refractivity contribution is 6.38. The topological polar surface area (TPSA) is 83.4 Å². The molecule has 9 nitrogen and oxygen atoms in total. The van der Waals surface area contributed by atoms with Crippen molar-refractivity contribution in [1.82, 2.24) is 9.97 Å². The van der Waals surface area contributed by atoms with Crippen LogP contribution in [0.1, 0.15) is 23.6 Å². The van der Waals surface area contributed by atoms with E-state index < -0.39 is 0 Å². The van der Waals surface area contributed by atoms with Gasteiger partial charge in [-0.1, -0.05) is 164 Å². The second-order valence-electron chi connectivity index (χ2n) is 25.8. The van der Waals surface area contributed by atoms with Crippen molar-refractivity contribution in [3.05, 3.63) is 333 Å². The molecule has 0 saturated carbocycles. The second-order valence-corrected chi connectivity index (χ2v) is 25.8. The van der Waals surface area contributed by atoms with Crippen LogP contribution in [0.2, 0.25) is 0 Å². The molecule has 1 atom stereocenters. The molecule has 0 fully saturated rings. The Morgan fingerprint density at radius 3 is 2.11 bits per heavy atom. The summed E-state index contributed by atoms with van der Waals surface area (Å²) < 4.78 is 21.1. The number of benzene rings is 11. The van der Waals surface area contributed by atoms with Crippen molar-refractivity contribution in [3.63, 3.8) is 0 Å². The number of aliphatic imine (C=N–C) groups is 1. The molecule has 2 aliphatic heterocycles. The van der Waals surface area contributed by atoms with Crippen LogP contribution in [0.4, 0.5) is 28.6 Å². The van der Waals surface area contributed by atoms with E-state index in [1.54, 1.807) is 13.3 Å². The van der Waals surface area contributed by atoms with Crippen LogP contribution >= 0.6 is 0 Å². The number of anilines is 5. The Hall–Kier alpha value is -13.1. The number of allylic oxidation sites excluding steroid dienone is 9. The first-order chi connectivity index (χ1) is 49.4. The van der Waals surface area contributed by atoms with Crippen molar-refractivity contribution in [2.24, 2.45) is 4.99 Å². The molecule has 0 N–H and O–H groups in total. The maximum absolute atomic E-state index is 7.86. The predicted octanol–water partition coefficient (Wildman–Crippen LogP) is 23.6. The van der Waals surface area contributed by atoms with E-state index in [0.29, 0.717) is 23.5 Å². The fourth-order valence-corrected chi connectivity index (χ4v) is 15.6. The van der Waals surface area contributed by atoms with Gasteiger partial charge < -0.3 is 23.4 Å². The zero-order chi connectivity index (χ0) is 66.5. The first kappa shape index (κ1) is 58.3. The van der Waals surface area contributed by atoms with Gasteiger partial charge in [0.1, 0.15) is 28.3 Å². The molecule has 0 bridgehead atoms. The van der Waals surface area contributed by atoms with Crippen LogP contribution in [0.15, 0.2) is 330 Å². The summed E-state index contributed by atoms with van der Waals surface area (Å²) in [5.41, 5.74) is 18.4. The number of nitrogens with zero attached hydrogens (tertiary/aromatic N) is 6. The largest absolute Gasteiger partial charge is 0.497 e. The van der Waals surface area contributed by atoms with Crippen molar-refractivity contribution in [2.45, 2.75) is 13.0 Å². The fraction of sp³-hybridized carbons (Fsp3) is 0.0440. The molecule has 6 heterocycles. The predicted molar refractivity (Wildman–Crippen MR) is 418 cm³/mol. The van der Waals surface area contributed by atoms with Crippen LogP contribution in [0, 0.1) is 0 Å². The number of methoxy groups -OCH3 is 1. The van der Waals surface area contributed by atoms with Gasteiger partial charge in [-0.3, -0.25) is 14.9 Å². The number of furan rings is 2. The molecule has 9 heteroatoms. The zero-order valence-electron chi connectivity index (χ0n) is 54.8. The lowest BCUT2D eigenvalue weighted by Gasteiger charge is -2.35. The molecule has 474 valence electrons. The molecule has 1 unspecified atom stereocenters. The summed E-state index contributed by atoms with van der Waals surface area (Å²) in [7, 11) is 1.70. The Balaban J connectivity index is 0.906. The molecule has 12 aromatic carbocycles. The van der Waals surface area contributed by atoms with Crippen molar-refractivity contribution in [3.8, 4) is 28.0 Å². The van der Waals surface area contributed by atoms with Crippen LogP contribution < -0.4 is 19.4 Å². The van der Waals surface area contributed by atoms with Gasteiger partial charge >= 0.3 is 0 Å². The van der Waals surface area contributed by atoms with Crippen LogP contribution in [-0.4, -0.2) is 36.4 Å². The van der Waals surface area contributed by atoms with Gasteiger partial charge in [0.05, 0.1) is 24.5 Å². The number of fused-ring (bicyclic) bond motifs is 6. The summed E-state index contributed by atoms with van der Waals surface area (Å²) in [5, 5.41) is 14.9. The van der Waals surface area contributed by atoms with Crippen LogP contribution in [0.5, 0.6) is 5.75 Å². The zero-order valence-corrected chi connectivity index (χ0v) is 54.8. The van der Waals surface area contributed by atoms with E-state index in [2.05, 4.69) is 294 Å². The van der Waals surface area contributed by atoms with E-state index in [-0.39, 0.29) is 6.04 Å². The molecule has 19 rings (SSSR count). The van der Waals surface area contributed by atoms with E-state index in [9.17, 15) is 0 Å². The summed E-state index contributed by atoms with van der Waals surface area (Å²) in [5.74, 6) is 1.48. The SMILES string of the molecule is C=N/C=C\C(=C/C)c1ccc(N(c2cccc3cc4ccccc4cc23)c2ccc3c4cc(N5C=CC(c6ccccc6)=CC5)cc5oc6cc(N7C=CC=C8C(c9cccc%10ccccc9%10)=CC=CC87)cc(c7cc(-c8cncc(-c9cccc(OC)c9)c8)cc8oc2c3c87)c6c54)nc1. The Morgan fingerprint density at radius 1 is 0.560 bits per heavy atom. The third-order valence-corrected chi connectivity index (χ3v) is 20.4. The highest BCUT2D eigenvalue weighted by Crippen LogP contribution is 2.53. The third-order valence-electron chi connectivity index (χ3n) is 20.4. The fourth-order valence-electron chi connectivity index (χ4n) is 15.6. The second kappa shape index (κ2) is 23.6. The summed E-state index contributed by atoms with van der Waals surface area (Å²) in [6.45, 7) is 6.40. The standard InChI is InChI=1S/C91H62N6O3/c1-4-56(36-39-92-2)64-32-35-86(94-55-64)97(81-31-14-24-63-43-60-20-8-9-21-62(60)46-76(63)81)82-34-33-75-78-49-68(95-41-37-58(38-42-95)57-17-6-5-7-18-57)51-84-87(78)88-79(77-47-65(48-83-89(77)90(75)91(82)100-83)67-44-66(53-93-54-67)61-23-12-25-70(45-61)98-3)50-69(52-85(88)99-84)96-40-16-29-74-73(28-15-30-80(74)96)72-27-13-22-59-19-10-11-26-71(59)72/h4-41,43-55,80H,2,42H2,1,3H3/b39-36-,56-4+,78-75?,79-77?. The highest BCUT2D eigenvalue weighted by atomic mass is 16.5. The van der Waals surface area contributed by atoms with Crippen molar-refractivity contribution < 1.29 is 13.6 Å². The van der Waals surface area contributed by atoms with Gasteiger partial charge in [0.25, 0.3) is 0 Å². The molecule has 100 heavy (non-hydrogen) atoms. The molecular weight excluding hydrogens is 1230 g/mol. The average Bonchev–Trinajstić information content (AvgIpc) is 1.50. The monoisotopic (exact) mass is 1290 g/mol. The molecular formula is C91H62N6O3. The van der Waals surface area contributed by atoms with Crippen LogP contribution in [-0.2, 0) is 0 Å². The number of pyridine rings is 2. The quantitative estimate of drug-likeness (QED) is 0.0641. The van der Waals surface area contributed by atoms with E-state index in [1.165, 1.54) is 38.6 Å². The summed E-state index contributed by atoms with van der Waals surface area (Å²) in [4.78, 5) is 21.4. The van der Waals surface area contributed by atoms with Gasteiger partial charge in [-0.15, -0.1) is 0 Å². The van der Waals surface area contributed by atoms with Gasteiger partial charge in [-0.25, -0.2) is 4.98 Å². The van der Waals surface area contributed by atoms with E-state index >= 15 is 0 Å². The van der Waals surface area contributed by atoms with Gasteiger partial charge in [-0.2, -0.15) is 0 Å². The van der Waals surface area contributed by atoms with Gasteiger partial charge in [0.2, 0.25) is 0 Å². The lowest BCUT2D eigenvalue weighted by Crippen LogP contribution is -2.34. The smallest absolute Gasteiger partial charge is 0.160 e. The lowest BCUT2D eigenvalue weighted by molar-refractivity contribution is 0.415. The summed E-state index contributed by atoms with van der Waals surface area (Å²) in [6.07, 6.45) is 31.8. The molecule has 16 aromatic rings. The summed E-state index contributed by atoms with van der Waals surface area (Å²) >= 11 is 0. The van der Waals surface area contributed by atoms with Gasteiger partial charge in [-0.05, 0) is 209 Å². The van der Waals surface area contributed by atoms with E-state index in [4.69, 9.17) is 23.5 Å². The normalized spacial score (nSPS) is 14.8. The third kappa shape index (κ3) is 9.57.